The Kier molecular flexibility index (Phi) is 5.25. The SMILES string of the molecule is N#CC(C(=O)CN1CCN(c2ccccc2)CC1)c1ccccc1. The quantitative estimate of drug-likeness (QED) is 0.850. The summed E-state index contributed by atoms with van der Waals surface area (Å²) in [5.74, 6) is -0.685. The van der Waals surface area contributed by atoms with Gasteiger partial charge in [-0.1, -0.05) is 48.5 Å². The fourth-order valence-electron chi connectivity index (χ4n) is 3.09. The summed E-state index contributed by atoms with van der Waals surface area (Å²) in [6.45, 7) is 3.83. The Balaban J connectivity index is 1.56. The van der Waals surface area contributed by atoms with Crippen LogP contribution in [0.15, 0.2) is 60.7 Å². The van der Waals surface area contributed by atoms with Gasteiger partial charge in [0.25, 0.3) is 0 Å². The van der Waals surface area contributed by atoms with E-state index in [2.05, 4.69) is 28.0 Å². The molecule has 0 spiro atoms. The van der Waals surface area contributed by atoms with Crippen LogP contribution in [0.25, 0.3) is 0 Å². The van der Waals surface area contributed by atoms with Crippen LogP contribution in [0.2, 0.25) is 0 Å². The first kappa shape index (κ1) is 16.2. The van der Waals surface area contributed by atoms with Crippen LogP contribution in [0.3, 0.4) is 0 Å². The summed E-state index contributed by atoms with van der Waals surface area (Å²) < 4.78 is 0. The number of hydrogen-bond acceptors (Lipinski definition) is 4. The van der Waals surface area contributed by atoms with E-state index in [1.165, 1.54) is 5.69 Å². The Morgan fingerprint density at radius 3 is 2.12 bits per heavy atom. The molecule has 0 aromatic heterocycles. The zero-order valence-corrected chi connectivity index (χ0v) is 13.6. The van der Waals surface area contributed by atoms with Crippen LogP contribution in [-0.4, -0.2) is 43.4 Å². The molecule has 2 aromatic rings. The maximum absolute atomic E-state index is 12.5. The molecule has 0 bridgehead atoms. The van der Waals surface area contributed by atoms with Gasteiger partial charge in [0.1, 0.15) is 5.92 Å². The van der Waals surface area contributed by atoms with Gasteiger partial charge in [-0.25, -0.2) is 0 Å². The van der Waals surface area contributed by atoms with E-state index in [9.17, 15) is 10.1 Å². The van der Waals surface area contributed by atoms with Crippen molar-refractivity contribution in [1.29, 1.82) is 5.26 Å². The van der Waals surface area contributed by atoms with Gasteiger partial charge in [0.15, 0.2) is 5.78 Å². The highest BCUT2D eigenvalue weighted by Gasteiger charge is 2.24. The molecule has 0 amide bonds. The minimum atomic E-state index is -0.668. The first-order valence-corrected chi connectivity index (χ1v) is 8.27. The summed E-state index contributed by atoms with van der Waals surface area (Å²) in [4.78, 5) is 17.0. The van der Waals surface area contributed by atoms with Gasteiger partial charge < -0.3 is 4.90 Å². The molecule has 3 rings (SSSR count). The predicted octanol–water partition coefficient (Wildman–Crippen LogP) is 2.69. The maximum atomic E-state index is 12.5. The number of para-hydroxylation sites is 1. The Hall–Kier alpha value is -2.64. The summed E-state index contributed by atoms with van der Waals surface area (Å²) in [5.41, 5.74) is 2.01. The highest BCUT2D eigenvalue weighted by Crippen LogP contribution is 2.18. The molecule has 0 radical (unpaired) electrons. The van der Waals surface area contributed by atoms with Gasteiger partial charge in [0.05, 0.1) is 12.6 Å². The minimum absolute atomic E-state index is 0.0168. The van der Waals surface area contributed by atoms with Gasteiger partial charge in [-0.15, -0.1) is 0 Å². The number of piperazine rings is 1. The maximum Gasteiger partial charge on any atom is 0.168 e. The standard InChI is InChI=1S/C20H21N3O/c21-15-19(17-7-3-1-4-8-17)20(24)16-22-11-13-23(14-12-22)18-9-5-2-6-10-18/h1-10,19H,11-14,16H2. The molecule has 2 aromatic carbocycles. The largest absolute Gasteiger partial charge is 0.369 e. The van der Waals surface area contributed by atoms with Crippen LogP contribution < -0.4 is 4.90 Å². The average molecular weight is 319 g/mol. The molecule has 122 valence electrons. The van der Waals surface area contributed by atoms with Crippen molar-refractivity contribution < 1.29 is 4.79 Å². The number of carbonyl (C=O) groups is 1. The van der Waals surface area contributed by atoms with Gasteiger partial charge in [-0.3, -0.25) is 9.69 Å². The lowest BCUT2D eigenvalue weighted by atomic mass is 9.96. The Labute approximate surface area is 142 Å². The molecule has 0 aliphatic carbocycles. The fourth-order valence-corrected chi connectivity index (χ4v) is 3.09. The molecule has 1 unspecified atom stereocenters. The third-order valence-corrected chi connectivity index (χ3v) is 4.46. The van der Waals surface area contributed by atoms with Crippen LogP contribution in [-0.2, 0) is 4.79 Å². The van der Waals surface area contributed by atoms with E-state index in [0.717, 1.165) is 31.7 Å². The normalized spacial score (nSPS) is 16.4. The van der Waals surface area contributed by atoms with Crippen molar-refractivity contribution in [3.05, 3.63) is 66.2 Å². The molecule has 24 heavy (non-hydrogen) atoms. The predicted molar refractivity (Wildman–Crippen MR) is 94.9 cm³/mol. The van der Waals surface area contributed by atoms with E-state index in [0.29, 0.717) is 6.54 Å². The topological polar surface area (TPSA) is 47.3 Å². The lowest BCUT2D eigenvalue weighted by molar-refractivity contribution is -0.120. The molecular formula is C20H21N3O. The van der Waals surface area contributed by atoms with E-state index < -0.39 is 5.92 Å². The van der Waals surface area contributed by atoms with Gasteiger partial charge in [0, 0.05) is 31.9 Å². The lowest BCUT2D eigenvalue weighted by Gasteiger charge is -2.36. The number of nitriles is 1. The second kappa shape index (κ2) is 7.76. The molecule has 0 N–H and O–H groups in total. The number of carbonyl (C=O) groups excluding carboxylic acids is 1. The smallest absolute Gasteiger partial charge is 0.168 e. The summed E-state index contributed by atoms with van der Waals surface area (Å²) in [6.07, 6.45) is 0. The van der Waals surface area contributed by atoms with Gasteiger partial charge in [0.2, 0.25) is 0 Å². The Bertz CT molecular complexity index is 701. The monoisotopic (exact) mass is 319 g/mol. The molecule has 1 aliphatic rings. The van der Waals surface area contributed by atoms with E-state index >= 15 is 0 Å². The number of benzene rings is 2. The van der Waals surface area contributed by atoms with Crippen LogP contribution in [0.1, 0.15) is 11.5 Å². The van der Waals surface area contributed by atoms with Crippen molar-refractivity contribution in [3.8, 4) is 6.07 Å². The van der Waals surface area contributed by atoms with Crippen LogP contribution in [0.5, 0.6) is 0 Å². The molecule has 1 saturated heterocycles. The second-order valence-electron chi connectivity index (χ2n) is 6.04. The number of hydrogen-bond donors (Lipinski definition) is 0. The fraction of sp³-hybridized carbons (Fsp3) is 0.300. The number of rotatable bonds is 5. The molecule has 1 fully saturated rings. The first-order valence-electron chi connectivity index (χ1n) is 8.27. The molecule has 1 heterocycles. The average Bonchev–Trinajstić information content (AvgIpc) is 2.64. The van der Waals surface area contributed by atoms with Crippen molar-refractivity contribution in [2.45, 2.75) is 5.92 Å². The zero-order valence-electron chi connectivity index (χ0n) is 13.6. The third kappa shape index (κ3) is 3.81. The number of anilines is 1. The second-order valence-corrected chi connectivity index (χ2v) is 6.04. The summed E-state index contributed by atoms with van der Waals surface area (Å²) in [5, 5.41) is 9.37. The molecule has 4 nitrogen and oxygen atoms in total. The van der Waals surface area contributed by atoms with Crippen molar-refractivity contribution >= 4 is 11.5 Å². The van der Waals surface area contributed by atoms with Crippen LogP contribution in [0, 0.1) is 11.3 Å². The van der Waals surface area contributed by atoms with Crippen molar-refractivity contribution in [2.75, 3.05) is 37.6 Å². The first-order chi connectivity index (χ1) is 11.8. The van der Waals surface area contributed by atoms with Crippen molar-refractivity contribution in [3.63, 3.8) is 0 Å². The Morgan fingerprint density at radius 2 is 1.54 bits per heavy atom. The number of Topliss-reactive ketones (excluding diaryl/α,β-unsaturated/α-hetero) is 1. The van der Waals surface area contributed by atoms with E-state index in [-0.39, 0.29) is 5.78 Å². The molecule has 1 aliphatic heterocycles. The summed E-state index contributed by atoms with van der Waals surface area (Å²) >= 11 is 0. The molecule has 4 heteroatoms. The minimum Gasteiger partial charge on any atom is -0.369 e. The summed E-state index contributed by atoms with van der Waals surface area (Å²) in [7, 11) is 0. The van der Waals surface area contributed by atoms with Gasteiger partial charge >= 0.3 is 0 Å². The van der Waals surface area contributed by atoms with Crippen LogP contribution >= 0.6 is 0 Å². The van der Waals surface area contributed by atoms with E-state index in [1.54, 1.807) is 0 Å². The highest BCUT2D eigenvalue weighted by atomic mass is 16.1. The Morgan fingerprint density at radius 1 is 0.958 bits per heavy atom. The van der Waals surface area contributed by atoms with E-state index in [4.69, 9.17) is 0 Å². The molecule has 0 saturated carbocycles. The van der Waals surface area contributed by atoms with Crippen molar-refractivity contribution in [2.24, 2.45) is 0 Å². The molecular weight excluding hydrogens is 298 g/mol. The van der Waals surface area contributed by atoms with E-state index in [1.807, 2.05) is 48.5 Å². The zero-order chi connectivity index (χ0) is 16.8. The van der Waals surface area contributed by atoms with Gasteiger partial charge in [-0.05, 0) is 17.7 Å². The third-order valence-electron chi connectivity index (χ3n) is 4.46. The van der Waals surface area contributed by atoms with Crippen LogP contribution in [0.4, 0.5) is 5.69 Å². The number of ketones is 1. The van der Waals surface area contributed by atoms with Crippen molar-refractivity contribution in [1.82, 2.24) is 4.90 Å². The number of nitrogens with zero attached hydrogens (tertiary/aromatic N) is 3. The van der Waals surface area contributed by atoms with Gasteiger partial charge in [-0.2, -0.15) is 5.26 Å². The highest BCUT2D eigenvalue weighted by molar-refractivity contribution is 5.90. The lowest BCUT2D eigenvalue weighted by Crippen LogP contribution is -2.48. The molecule has 1 atom stereocenters. The summed E-state index contributed by atoms with van der Waals surface area (Å²) in [6, 6.07) is 21.8.